The molecule has 1 aromatic carbocycles. The summed E-state index contributed by atoms with van der Waals surface area (Å²) in [4.78, 5) is 27.3. The lowest BCUT2D eigenvalue weighted by molar-refractivity contribution is -0.116. The number of carbonyl (C=O) groups excluding carboxylic acids is 2. The van der Waals surface area contributed by atoms with Crippen LogP contribution in [0.3, 0.4) is 0 Å². The average molecular weight is 328 g/mol. The number of aromatic amines is 1. The summed E-state index contributed by atoms with van der Waals surface area (Å²) in [6.45, 7) is 7.85. The minimum atomic E-state index is -0.320. The van der Waals surface area contributed by atoms with Crippen molar-refractivity contribution in [3.05, 3.63) is 52.3 Å². The Balaban J connectivity index is 1.99. The van der Waals surface area contributed by atoms with Gasteiger partial charge in [-0.3, -0.25) is 4.79 Å². The largest absolute Gasteiger partial charge is 0.462 e. The fourth-order valence-corrected chi connectivity index (χ4v) is 2.67. The molecule has 0 radical (unpaired) electrons. The van der Waals surface area contributed by atoms with Crippen molar-refractivity contribution < 1.29 is 14.3 Å². The van der Waals surface area contributed by atoms with Gasteiger partial charge in [-0.25, -0.2) is 4.79 Å². The van der Waals surface area contributed by atoms with Crippen molar-refractivity contribution in [1.29, 1.82) is 0 Å². The van der Waals surface area contributed by atoms with Gasteiger partial charge in [0.1, 0.15) is 0 Å². The highest BCUT2D eigenvalue weighted by atomic mass is 16.5. The molecule has 0 bridgehead atoms. The first kappa shape index (κ1) is 17.8. The van der Waals surface area contributed by atoms with Gasteiger partial charge in [0.25, 0.3) is 0 Å². The van der Waals surface area contributed by atoms with E-state index in [0.717, 1.165) is 28.2 Å². The summed E-state index contributed by atoms with van der Waals surface area (Å²) < 4.78 is 5.08. The van der Waals surface area contributed by atoms with Gasteiger partial charge in [-0.1, -0.05) is 17.7 Å². The topological polar surface area (TPSA) is 71.2 Å². The van der Waals surface area contributed by atoms with Crippen LogP contribution in [0.5, 0.6) is 0 Å². The highest BCUT2D eigenvalue weighted by Crippen LogP contribution is 2.20. The fraction of sp³-hybridized carbons (Fsp3) is 0.368. The average Bonchev–Trinajstić information content (AvgIpc) is 2.82. The van der Waals surface area contributed by atoms with Crippen LogP contribution in [0.4, 0.5) is 5.69 Å². The molecule has 1 amide bonds. The summed E-state index contributed by atoms with van der Waals surface area (Å²) in [5, 5.41) is 2.88. The number of anilines is 1. The molecule has 2 N–H and O–H groups in total. The van der Waals surface area contributed by atoms with E-state index in [2.05, 4.69) is 10.3 Å². The number of benzene rings is 1. The maximum atomic E-state index is 12.1. The molecule has 0 fully saturated rings. The van der Waals surface area contributed by atoms with Crippen molar-refractivity contribution in [3.8, 4) is 0 Å². The van der Waals surface area contributed by atoms with Crippen LogP contribution in [-0.4, -0.2) is 23.5 Å². The molecular formula is C19H24N2O3. The van der Waals surface area contributed by atoms with Gasteiger partial charge in [0.15, 0.2) is 0 Å². The molecule has 128 valence electrons. The number of ether oxygens (including phenoxy) is 1. The third kappa shape index (κ3) is 4.25. The van der Waals surface area contributed by atoms with E-state index >= 15 is 0 Å². The molecule has 1 heterocycles. The van der Waals surface area contributed by atoms with Gasteiger partial charge in [-0.15, -0.1) is 0 Å². The van der Waals surface area contributed by atoms with Crippen LogP contribution in [0.1, 0.15) is 46.2 Å². The summed E-state index contributed by atoms with van der Waals surface area (Å²) in [5.74, 6) is -0.373. The van der Waals surface area contributed by atoms with Crippen LogP contribution < -0.4 is 5.32 Å². The second-order valence-electron chi connectivity index (χ2n) is 5.86. The maximum Gasteiger partial charge on any atom is 0.340 e. The quantitative estimate of drug-likeness (QED) is 0.795. The van der Waals surface area contributed by atoms with Crippen molar-refractivity contribution in [1.82, 2.24) is 4.98 Å². The van der Waals surface area contributed by atoms with E-state index in [9.17, 15) is 9.59 Å². The molecule has 0 saturated heterocycles. The van der Waals surface area contributed by atoms with E-state index in [4.69, 9.17) is 4.74 Å². The normalized spacial score (nSPS) is 10.5. The van der Waals surface area contributed by atoms with Crippen molar-refractivity contribution in [2.45, 2.75) is 40.5 Å². The molecule has 2 aromatic rings. The van der Waals surface area contributed by atoms with Gasteiger partial charge in [-0.2, -0.15) is 0 Å². The molecule has 0 spiro atoms. The van der Waals surface area contributed by atoms with E-state index in [1.165, 1.54) is 0 Å². The van der Waals surface area contributed by atoms with Gasteiger partial charge in [0, 0.05) is 23.5 Å². The number of hydrogen-bond donors (Lipinski definition) is 2. The second kappa shape index (κ2) is 7.81. The maximum absolute atomic E-state index is 12.1. The molecule has 5 heteroatoms. The van der Waals surface area contributed by atoms with Crippen molar-refractivity contribution in [3.63, 3.8) is 0 Å². The van der Waals surface area contributed by atoms with Gasteiger partial charge in [0.05, 0.1) is 12.2 Å². The zero-order valence-corrected chi connectivity index (χ0v) is 14.7. The molecule has 2 rings (SSSR count). The van der Waals surface area contributed by atoms with E-state index in [-0.39, 0.29) is 11.9 Å². The number of aryl methyl sites for hydroxylation is 3. The van der Waals surface area contributed by atoms with E-state index in [1.807, 2.05) is 45.0 Å². The Morgan fingerprint density at radius 2 is 1.79 bits per heavy atom. The van der Waals surface area contributed by atoms with Crippen LogP contribution in [0, 0.1) is 20.8 Å². The number of rotatable bonds is 6. The molecule has 0 saturated carbocycles. The summed E-state index contributed by atoms with van der Waals surface area (Å²) in [5.41, 5.74) is 5.04. The number of carbonyl (C=O) groups is 2. The summed E-state index contributed by atoms with van der Waals surface area (Å²) in [7, 11) is 0. The van der Waals surface area contributed by atoms with Crippen molar-refractivity contribution in [2.24, 2.45) is 0 Å². The smallest absolute Gasteiger partial charge is 0.340 e. The molecule has 0 aliphatic carbocycles. The first-order chi connectivity index (χ1) is 11.4. The number of hydrogen-bond acceptors (Lipinski definition) is 3. The summed E-state index contributed by atoms with van der Waals surface area (Å²) in [6, 6.07) is 7.69. The highest BCUT2D eigenvalue weighted by molar-refractivity contribution is 5.93. The van der Waals surface area contributed by atoms with Crippen LogP contribution in [0.25, 0.3) is 0 Å². The van der Waals surface area contributed by atoms with Crippen LogP contribution in [0.15, 0.2) is 24.3 Å². The molecule has 1 aromatic heterocycles. The Morgan fingerprint density at radius 1 is 1.12 bits per heavy atom. The molecule has 0 atom stereocenters. The first-order valence-electron chi connectivity index (χ1n) is 8.14. The predicted octanol–water partition coefficient (Wildman–Crippen LogP) is 3.69. The number of nitrogens with one attached hydrogen (secondary N) is 2. The van der Waals surface area contributed by atoms with Gasteiger partial charge >= 0.3 is 5.97 Å². The van der Waals surface area contributed by atoms with Gasteiger partial charge in [0.2, 0.25) is 5.91 Å². The number of H-pyrrole nitrogens is 1. The Bertz CT molecular complexity index is 730. The monoisotopic (exact) mass is 328 g/mol. The lowest BCUT2D eigenvalue weighted by atomic mass is 10.1. The molecule has 0 aliphatic heterocycles. The Morgan fingerprint density at radius 3 is 2.42 bits per heavy atom. The van der Waals surface area contributed by atoms with Gasteiger partial charge in [-0.05, 0) is 51.8 Å². The first-order valence-corrected chi connectivity index (χ1v) is 8.14. The molecule has 0 aliphatic rings. The third-order valence-corrected chi connectivity index (χ3v) is 3.96. The van der Waals surface area contributed by atoms with Crippen LogP contribution in [0.2, 0.25) is 0 Å². The molecule has 0 unspecified atom stereocenters. The third-order valence-electron chi connectivity index (χ3n) is 3.96. The van der Waals surface area contributed by atoms with E-state index < -0.39 is 0 Å². The zero-order chi connectivity index (χ0) is 17.7. The van der Waals surface area contributed by atoms with Crippen molar-refractivity contribution >= 4 is 17.6 Å². The Labute approximate surface area is 142 Å². The molecular weight excluding hydrogens is 304 g/mol. The Hall–Kier alpha value is -2.56. The molecule has 24 heavy (non-hydrogen) atoms. The van der Waals surface area contributed by atoms with Crippen LogP contribution in [-0.2, 0) is 16.0 Å². The van der Waals surface area contributed by atoms with Crippen LogP contribution >= 0.6 is 0 Å². The summed E-state index contributed by atoms with van der Waals surface area (Å²) in [6.07, 6.45) is 0.890. The summed E-state index contributed by atoms with van der Waals surface area (Å²) >= 11 is 0. The van der Waals surface area contributed by atoms with Gasteiger partial charge < -0.3 is 15.0 Å². The van der Waals surface area contributed by atoms with Crippen molar-refractivity contribution in [2.75, 3.05) is 11.9 Å². The standard InChI is InChI=1S/C19H24N2O3/c1-5-24-19(23)18-13(3)16(20-14(18)4)10-11-17(22)21-15-8-6-12(2)7-9-15/h6-9,20H,5,10-11H2,1-4H3,(H,21,22). The fourth-order valence-electron chi connectivity index (χ4n) is 2.67. The highest BCUT2D eigenvalue weighted by Gasteiger charge is 2.19. The minimum Gasteiger partial charge on any atom is -0.462 e. The second-order valence-corrected chi connectivity index (χ2v) is 5.86. The SMILES string of the molecule is CCOC(=O)c1c(C)[nH]c(CCC(=O)Nc2ccc(C)cc2)c1C. The lowest BCUT2D eigenvalue weighted by Crippen LogP contribution is -2.12. The number of esters is 1. The number of aromatic nitrogens is 1. The van der Waals surface area contributed by atoms with E-state index in [0.29, 0.717) is 25.0 Å². The minimum absolute atomic E-state index is 0.0526. The van der Waals surface area contributed by atoms with E-state index in [1.54, 1.807) is 6.92 Å². The lowest BCUT2D eigenvalue weighted by Gasteiger charge is -2.06. The molecule has 5 nitrogen and oxygen atoms in total. The Kier molecular flexibility index (Phi) is 5.79. The number of amides is 1. The zero-order valence-electron chi connectivity index (χ0n) is 14.7. The predicted molar refractivity (Wildman–Crippen MR) is 94.4 cm³/mol.